The van der Waals surface area contributed by atoms with E-state index in [-0.39, 0.29) is 0 Å². The highest BCUT2D eigenvalue weighted by atomic mass is 32.1. The maximum absolute atomic E-state index is 6.19. The molecule has 3 rings (SSSR count). The van der Waals surface area contributed by atoms with Crippen molar-refractivity contribution in [1.82, 2.24) is 4.98 Å². The zero-order valence-electron chi connectivity index (χ0n) is 12.4. The molecule has 0 spiro atoms. The molecule has 20 heavy (non-hydrogen) atoms. The molecule has 1 aliphatic carbocycles. The molecule has 1 saturated carbocycles. The molecule has 108 valence electrons. The fourth-order valence-corrected chi connectivity index (χ4v) is 3.99. The van der Waals surface area contributed by atoms with E-state index in [1.807, 2.05) is 6.92 Å². The normalized spacial score (nSPS) is 26.9. The summed E-state index contributed by atoms with van der Waals surface area (Å²) in [6.45, 7) is 6.76. The molecule has 1 aromatic carbocycles. The van der Waals surface area contributed by atoms with Crippen LogP contribution in [0.5, 0.6) is 0 Å². The molecule has 1 aromatic heterocycles. The maximum Gasteiger partial charge on any atom is 0.0907 e. The van der Waals surface area contributed by atoms with Crippen LogP contribution < -0.4 is 11.1 Å². The lowest BCUT2D eigenvalue weighted by Gasteiger charge is -2.33. The number of anilines is 2. The number of thiazole rings is 1. The predicted octanol–water partition coefficient (Wildman–Crippen LogP) is 4.42. The average Bonchev–Trinajstić information content (AvgIpc) is 2.73. The lowest BCUT2D eigenvalue weighted by atomic mass is 9.79. The van der Waals surface area contributed by atoms with Gasteiger partial charge in [0.25, 0.3) is 0 Å². The fourth-order valence-electron chi connectivity index (χ4n) is 3.13. The number of hydrogen-bond donors (Lipinski definition) is 2. The number of aryl methyl sites for hydroxylation is 1. The third kappa shape index (κ3) is 2.62. The van der Waals surface area contributed by atoms with Crippen LogP contribution in [0.3, 0.4) is 0 Å². The largest absolute Gasteiger partial charge is 0.397 e. The Morgan fingerprint density at radius 1 is 1.25 bits per heavy atom. The highest BCUT2D eigenvalue weighted by Gasteiger charge is 2.24. The smallest absolute Gasteiger partial charge is 0.0907 e. The molecule has 0 bridgehead atoms. The Balaban J connectivity index is 1.81. The van der Waals surface area contributed by atoms with Crippen molar-refractivity contribution in [3.8, 4) is 0 Å². The number of nitrogens with one attached hydrogen (secondary N) is 1. The average molecular weight is 289 g/mol. The van der Waals surface area contributed by atoms with Gasteiger partial charge in [0.1, 0.15) is 0 Å². The summed E-state index contributed by atoms with van der Waals surface area (Å²) in [6.07, 6.45) is 3.77. The molecule has 0 aliphatic heterocycles. The van der Waals surface area contributed by atoms with Crippen molar-refractivity contribution in [2.24, 2.45) is 11.8 Å². The first kappa shape index (κ1) is 13.7. The van der Waals surface area contributed by atoms with Crippen molar-refractivity contribution in [2.45, 2.75) is 46.1 Å². The summed E-state index contributed by atoms with van der Waals surface area (Å²) < 4.78 is 1.18. The van der Waals surface area contributed by atoms with Crippen LogP contribution in [0.2, 0.25) is 0 Å². The number of nitrogens with zero attached hydrogens (tertiary/aromatic N) is 1. The van der Waals surface area contributed by atoms with Crippen LogP contribution in [0.4, 0.5) is 11.4 Å². The van der Waals surface area contributed by atoms with Crippen LogP contribution in [0, 0.1) is 18.8 Å². The lowest BCUT2D eigenvalue weighted by Crippen LogP contribution is -2.30. The van der Waals surface area contributed by atoms with Gasteiger partial charge in [0, 0.05) is 6.04 Å². The quantitative estimate of drug-likeness (QED) is 0.804. The first-order valence-corrected chi connectivity index (χ1v) is 8.28. The van der Waals surface area contributed by atoms with Crippen molar-refractivity contribution < 1.29 is 0 Å². The van der Waals surface area contributed by atoms with E-state index in [9.17, 15) is 0 Å². The van der Waals surface area contributed by atoms with Gasteiger partial charge in [-0.25, -0.2) is 4.98 Å². The molecule has 3 unspecified atom stereocenters. The van der Waals surface area contributed by atoms with Crippen LogP contribution in [-0.4, -0.2) is 11.0 Å². The van der Waals surface area contributed by atoms with Gasteiger partial charge in [-0.2, -0.15) is 0 Å². The molecular formula is C16H23N3S. The summed E-state index contributed by atoms with van der Waals surface area (Å²) in [5, 5.41) is 4.74. The van der Waals surface area contributed by atoms with Gasteiger partial charge in [-0.3, -0.25) is 0 Å². The van der Waals surface area contributed by atoms with Gasteiger partial charge in [0.05, 0.1) is 26.6 Å². The Hall–Kier alpha value is -1.29. The molecule has 0 amide bonds. The Bertz CT molecular complexity index is 619. The monoisotopic (exact) mass is 289 g/mol. The van der Waals surface area contributed by atoms with Crippen molar-refractivity contribution in [3.05, 3.63) is 17.1 Å². The molecule has 3 atom stereocenters. The summed E-state index contributed by atoms with van der Waals surface area (Å²) >= 11 is 1.70. The zero-order chi connectivity index (χ0) is 14.3. The minimum Gasteiger partial charge on any atom is -0.397 e. The minimum absolute atomic E-state index is 0.542. The number of hydrogen-bond acceptors (Lipinski definition) is 4. The second-order valence-electron chi connectivity index (χ2n) is 6.25. The van der Waals surface area contributed by atoms with Crippen LogP contribution in [-0.2, 0) is 0 Å². The summed E-state index contributed by atoms with van der Waals surface area (Å²) in [4.78, 5) is 4.56. The van der Waals surface area contributed by atoms with Gasteiger partial charge in [-0.1, -0.05) is 13.8 Å². The molecular weight excluding hydrogens is 266 g/mol. The van der Waals surface area contributed by atoms with Gasteiger partial charge < -0.3 is 11.1 Å². The van der Waals surface area contributed by atoms with Gasteiger partial charge in [0.15, 0.2) is 0 Å². The number of rotatable bonds is 2. The summed E-state index contributed by atoms with van der Waals surface area (Å²) in [6, 6.07) is 4.70. The number of nitrogen functional groups attached to an aromatic ring is 1. The van der Waals surface area contributed by atoms with Crippen molar-refractivity contribution in [3.63, 3.8) is 0 Å². The third-order valence-corrected chi connectivity index (χ3v) is 5.56. The molecule has 0 radical (unpaired) electrons. The predicted molar refractivity (Wildman–Crippen MR) is 88.4 cm³/mol. The van der Waals surface area contributed by atoms with Crippen LogP contribution in [0.15, 0.2) is 12.1 Å². The Kier molecular flexibility index (Phi) is 3.59. The highest BCUT2D eigenvalue weighted by molar-refractivity contribution is 7.18. The topological polar surface area (TPSA) is 50.9 Å². The number of nitrogens with two attached hydrogens (primary N) is 1. The van der Waals surface area contributed by atoms with Crippen molar-refractivity contribution in [1.29, 1.82) is 0 Å². The van der Waals surface area contributed by atoms with E-state index in [0.717, 1.165) is 33.7 Å². The first-order chi connectivity index (χ1) is 9.52. The molecule has 1 aliphatic rings. The number of fused-ring (bicyclic) bond motifs is 1. The lowest BCUT2D eigenvalue weighted by molar-refractivity contribution is 0.261. The van der Waals surface area contributed by atoms with Crippen LogP contribution >= 0.6 is 11.3 Å². The summed E-state index contributed by atoms with van der Waals surface area (Å²) in [5.74, 6) is 1.63. The standard InChI is InChI=1S/C16H23N3S/c1-9-4-5-12(6-10(9)2)19-14-8-15-16(7-13(14)17)20-11(3)18-15/h7-10,12,19H,4-6,17H2,1-3H3. The van der Waals surface area contributed by atoms with E-state index in [0.29, 0.717) is 6.04 Å². The molecule has 1 heterocycles. The van der Waals surface area contributed by atoms with E-state index in [1.54, 1.807) is 11.3 Å². The van der Waals surface area contributed by atoms with E-state index >= 15 is 0 Å². The summed E-state index contributed by atoms with van der Waals surface area (Å²) in [7, 11) is 0. The van der Waals surface area contributed by atoms with Gasteiger partial charge in [0.2, 0.25) is 0 Å². The van der Waals surface area contributed by atoms with Crippen molar-refractivity contribution in [2.75, 3.05) is 11.1 Å². The SMILES string of the molecule is Cc1nc2cc(NC3CCC(C)C(C)C3)c(N)cc2s1. The molecule has 3 N–H and O–H groups in total. The van der Waals surface area contributed by atoms with Gasteiger partial charge >= 0.3 is 0 Å². The Labute approximate surface area is 124 Å². The first-order valence-electron chi connectivity index (χ1n) is 7.46. The zero-order valence-corrected chi connectivity index (χ0v) is 13.3. The molecule has 1 fully saturated rings. The van der Waals surface area contributed by atoms with Gasteiger partial charge in [-0.15, -0.1) is 11.3 Å². The fraction of sp³-hybridized carbons (Fsp3) is 0.562. The number of aromatic nitrogens is 1. The molecule has 3 nitrogen and oxygen atoms in total. The number of benzene rings is 1. The van der Waals surface area contributed by atoms with E-state index in [4.69, 9.17) is 5.73 Å². The van der Waals surface area contributed by atoms with Crippen LogP contribution in [0.1, 0.15) is 38.1 Å². The highest BCUT2D eigenvalue weighted by Crippen LogP contribution is 2.34. The van der Waals surface area contributed by atoms with Crippen molar-refractivity contribution >= 4 is 32.9 Å². The van der Waals surface area contributed by atoms with Gasteiger partial charge in [-0.05, 0) is 50.2 Å². The maximum atomic E-state index is 6.19. The molecule has 2 aromatic rings. The van der Waals surface area contributed by atoms with E-state index in [2.05, 4.69) is 36.3 Å². The molecule has 0 saturated heterocycles. The minimum atomic E-state index is 0.542. The summed E-state index contributed by atoms with van der Waals surface area (Å²) in [5.41, 5.74) is 9.14. The molecule has 4 heteroatoms. The third-order valence-electron chi connectivity index (χ3n) is 4.62. The Morgan fingerprint density at radius 3 is 2.80 bits per heavy atom. The Morgan fingerprint density at radius 2 is 2.05 bits per heavy atom. The van der Waals surface area contributed by atoms with E-state index < -0.39 is 0 Å². The second-order valence-corrected chi connectivity index (χ2v) is 7.48. The second kappa shape index (κ2) is 5.24. The van der Waals surface area contributed by atoms with E-state index in [1.165, 1.54) is 24.0 Å². The van der Waals surface area contributed by atoms with Crippen LogP contribution in [0.25, 0.3) is 10.2 Å².